The predicted octanol–water partition coefficient (Wildman–Crippen LogP) is 17.0. The van der Waals surface area contributed by atoms with Crippen LogP contribution in [0.4, 0.5) is 34.1 Å². The third kappa shape index (κ3) is 7.19. The molecule has 0 heterocycles. The number of hydrogen-bond acceptors (Lipinski definition) is 2. The Morgan fingerprint density at radius 3 is 1.34 bits per heavy atom. The molecule has 320 valence electrons. The topological polar surface area (TPSA) is 6.48 Å². The third-order valence-corrected chi connectivity index (χ3v) is 13.5. The second kappa shape index (κ2) is 17.5. The van der Waals surface area contributed by atoms with Gasteiger partial charge in [-0.3, -0.25) is 0 Å². The molecular formula is C66H46N2. The van der Waals surface area contributed by atoms with Gasteiger partial charge in [0.05, 0.1) is 5.41 Å². The van der Waals surface area contributed by atoms with Crippen LogP contribution in [0.25, 0.3) is 40.5 Å². The molecule has 1 spiro atoms. The first-order chi connectivity index (χ1) is 33.7. The van der Waals surface area contributed by atoms with E-state index in [1.807, 2.05) is 6.07 Å². The lowest BCUT2D eigenvalue weighted by Crippen LogP contribution is -2.26. The molecule has 1 unspecified atom stereocenters. The van der Waals surface area contributed by atoms with E-state index in [0.717, 1.165) is 57.2 Å². The van der Waals surface area contributed by atoms with Crippen LogP contribution in [0.5, 0.6) is 0 Å². The summed E-state index contributed by atoms with van der Waals surface area (Å²) in [5.41, 5.74) is 21.1. The van der Waals surface area contributed by atoms with E-state index in [-0.39, 0.29) is 0 Å². The van der Waals surface area contributed by atoms with Crippen molar-refractivity contribution in [1.29, 1.82) is 0 Å². The molecule has 2 aliphatic carbocycles. The van der Waals surface area contributed by atoms with E-state index in [0.29, 0.717) is 0 Å². The van der Waals surface area contributed by atoms with Gasteiger partial charge in [-0.05, 0) is 165 Å². The van der Waals surface area contributed by atoms with Gasteiger partial charge in [-0.1, -0.05) is 182 Å². The number of para-hydroxylation sites is 4. The molecule has 1 atom stereocenters. The summed E-state index contributed by atoms with van der Waals surface area (Å²) in [6, 6.07) is 94.1. The molecular weight excluding hydrogens is 821 g/mol. The van der Waals surface area contributed by atoms with E-state index < -0.39 is 5.41 Å². The summed E-state index contributed by atoms with van der Waals surface area (Å²) in [5, 5.41) is 0. The van der Waals surface area contributed by atoms with Crippen molar-refractivity contribution in [2.45, 2.75) is 11.8 Å². The molecule has 2 nitrogen and oxygen atoms in total. The number of allylic oxidation sites excluding steroid dienone is 1. The number of rotatable bonds is 11. The highest BCUT2D eigenvalue weighted by Crippen LogP contribution is 2.62. The Bertz CT molecular complexity index is 3320. The molecule has 10 aromatic rings. The molecule has 0 amide bonds. The Kier molecular flexibility index (Phi) is 10.4. The first-order valence-electron chi connectivity index (χ1n) is 23.4. The summed E-state index contributed by atoms with van der Waals surface area (Å²) < 4.78 is 0. The number of hydrogen-bond donors (Lipinski definition) is 0. The van der Waals surface area contributed by atoms with Gasteiger partial charge in [0.2, 0.25) is 0 Å². The molecule has 0 aliphatic heterocycles. The quantitative estimate of drug-likeness (QED) is 0.120. The van der Waals surface area contributed by atoms with Crippen LogP contribution in [0.1, 0.15) is 44.5 Å². The average Bonchev–Trinajstić information content (AvgIpc) is 3.87. The van der Waals surface area contributed by atoms with Crippen molar-refractivity contribution in [3.63, 3.8) is 0 Å². The Hall–Kier alpha value is -8.90. The van der Waals surface area contributed by atoms with Crippen LogP contribution >= 0.6 is 0 Å². The normalized spacial score (nSPS) is 12.6. The van der Waals surface area contributed by atoms with E-state index in [4.69, 9.17) is 0 Å². The molecule has 0 radical (unpaired) electrons. The average molecular weight is 867 g/mol. The molecule has 0 aromatic heterocycles. The summed E-state index contributed by atoms with van der Waals surface area (Å²) in [4.78, 5) is 4.60. The zero-order chi connectivity index (χ0) is 45.3. The van der Waals surface area contributed by atoms with Crippen LogP contribution in [0, 0.1) is 12.1 Å². The molecule has 10 aromatic carbocycles. The van der Waals surface area contributed by atoms with Crippen LogP contribution in [0.2, 0.25) is 0 Å². The minimum Gasteiger partial charge on any atom is -0.311 e. The number of nitrogens with zero attached hydrogens (tertiary/aromatic N) is 2. The summed E-state index contributed by atoms with van der Waals surface area (Å²) in [7, 11) is 0. The highest BCUT2D eigenvalue weighted by molar-refractivity contribution is 5.95. The predicted molar refractivity (Wildman–Crippen MR) is 284 cm³/mol. The van der Waals surface area contributed by atoms with Gasteiger partial charge in [-0.25, -0.2) is 0 Å². The number of benzene rings is 9. The Morgan fingerprint density at radius 1 is 0.353 bits per heavy atom. The fourth-order valence-corrected chi connectivity index (χ4v) is 10.5. The van der Waals surface area contributed by atoms with Crippen LogP contribution < -0.4 is 9.80 Å². The van der Waals surface area contributed by atoms with Gasteiger partial charge in [0.25, 0.3) is 0 Å². The zero-order valence-electron chi connectivity index (χ0n) is 37.5. The highest BCUT2D eigenvalue weighted by atomic mass is 15.1. The second-order valence-electron chi connectivity index (χ2n) is 17.5. The minimum absolute atomic E-state index is 0.491. The van der Waals surface area contributed by atoms with E-state index >= 15 is 0 Å². The summed E-state index contributed by atoms with van der Waals surface area (Å²) in [6.07, 6.45) is 9.90. The third-order valence-electron chi connectivity index (χ3n) is 13.5. The van der Waals surface area contributed by atoms with Crippen molar-refractivity contribution in [2.75, 3.05) is 9.80 Å². The van der Waals surface area contributed by atoms with Gasteiger partial charge in [-0.2, -0.15) is 0 Å². The van der Waals surface area contributed by atoms with Crippen molar-refractivity contribution in [3.8, 4) is 22.3 Å². The van der Waals surface area contributed by atoms with Gasteiger partial charge in [0, 0.05) is 39.7 Å². The van der Waals surface area contributed by atoms with Crippen LogP contribution in [-0.2, 0) is 11.8 Å². The summed E-state index contributed by atoms with van der Waals surface area (Å²) in [6.45, 7) is 0. The van der Waals surface area contributed by atoms with Crippen LogP contribution in [0.3, 0.4) is 0 Å². The van der Waals surface area contributed by atoms with Gasteiger partial charge >= 0.3 is 0 Å². The largest absolute Gasteiger partial charge is 0.311 e. The van der Waals surface area contributed by atoms with Crippen molar-refractivity contribution in [3.05, 3.63) is 305 Å². The van der Waals surface area contributed by atoms with Gasteiger partial charge in [0.15, 0.2) is 0 Å². The van der Waals surface area contributed by atoms with Gasteiger partial charge in [0.1, 0.15) is 0 Å². The fourth-order valence-electron chi connectivity index (χ4n) is 10.5. The highest BCUT2D eigenvalue weighted by Gasteiger charge is 2.51. The first kappa shape index (κ1) is 40.6. The lowest BCUT2D eigenvalue weighted by molar-refractivity contribution is 0.793. The molecule has 2 heteroatoms. The SMILES string of the molecule is c1ccc2c(c#1)-c1ccccc1C21c2cc(/C=C/Cc3ccc(N(c4ccccc4)c4ccccc4)cc3)ccc2-c2ccc(/C=C/c3ccc(N(c4ccccc4)c4ccccc4)cc3)cc21. The smallest absolute Gasteiger partial charge is 0.0732 e. The molecule has 2 aliphatic rings. The Labute approximate surface area is 399 Å². The molecule has 0 bridgehead atoms. The van der Waals surface area contributed by atoms with Crippen LogP contribution in [-0.4, -0.2) is 0 Å². The minimum atomic E-state index is -0.491. The van der Waals surface area contributed by atoms with E-state index in [9.17, 15) is 0 Å². The van der Waals surface area contributed by atoms with Crippen molar-refractivity contribution < 1.29 is 0 Å². The van der Waals surface area contributed by atoms with Crippen LogP contribution in [0.15, 0.2) is 249 Å². The summed E-state index contributed by atoms with van der Waals surface area (Å²) >= 11 is 0. The van der Waals surface area contributed by atoms with E-state index in [1.54, 1.807) is 0 Å². The lowest BCUT2D eigenvalue weighted by atomic mass is 9.70. The zero-order valence-corrected chi connectivity index (χ0v) is 37.5. The van der Waals surface area contributed by atoms with Gasteiger partial charge in [-0.15, -0.1) is 0 Å². The second-order valence-corrected chi connectivity index (χ2v) is 17.5. The van der Waals surface area contributed by atoms with Crippen molar-refractivity contribution in [1.82, 2.24) is 0 Å². The fraction of sp³-hybridized carbons (Fsp3) is 0.0303. The molecule has 0 fully saturated rings. The van der Waals surface area contributed by atoms with Crippen molar-refractivity contribution >= 4 is 52.4 Å². The number of fused-ring (bicyclic) bond motifs is 10. The van der Waals surface area contributed by atoms with E-state index in [2.05, 4.69) is 283 Å². The molecule has 0 saturated carbocycles. The molecule has 0 N–H and O–H groups in total. The monoisotopic (exact) mass is 866 g/mol. The maximum Gasteiger partial charge on any atom is 0.0732 e. The molecule has 68 heavy (non-hydrogen) atoms. The standard InChI is InChI=1S/C66H46N2/c1-5-20-52(21-6-1)67(53-22-7-2-8-23-53)56-40-34-48(35-41-56)18-17-19-50-38-44-60-61-45-39-51(47-65(61)66(64(60)46-50)62-30-15-13-28-58(62)59-29-14-16-31-63(59)66)33-32-49-36-42-57(43-37-49)68(54-24-9-3-10-25-54)55-26-11-4-12-27-55/h1-13,15-17,19-28,30-47H,18H2/b19-17+,33-32+. The molecule has 12 rings (SSSR count). The van der Waals surface area contributed by atoms with E-state index in [1.165, 1.54) is 50.1 Å². The summed E-state index contributed by atoms with van der Waals surface area (Å²) in [5.74, 6) is 0. The Morgan fingerprint density at radius 2 is 0.794 bits per heavy atom. The Balaban J connectivity index is 0.860. The van der Waals surface area contributed by atoms with Crippen molar-refractivity contribution in [2.24, 2.45) is 0 Å². The number of anilines is 6. The maximum absolute atomic E-state index is 3.55. The molecule has 0 saturated heterocycles. The van der Waals surface area contributed by atoms with Gasteiger partial charge < -0.3 is 9.80 Å². The maximum atomic E-state index is 3.55. The first-order valence-corrected chi connectivity index (χ1v) is 23.4. The lowest BCUT2D eigenvalue weighted by Gasteiger charge is -2.30.